The van der Waals surface area contributed by atoms with E-state index in [1.807, 2.05) is 41.1 Å². The van der Waals surface area contributed by atoms with Crippen LogP contribution in [0.25, 0.3) is 11.3 Å². The maximum Gasteiger partial charge on any atom is 0.339 e. The Kier molecular flexibility index (Phi) is 7.43. The Morgan fingerprint density at radius 1 is 1.27 bits per heavy atom. The fourth-order valence-corrected chi connectivity index (χ4v) is 3.72. The van der Waals surface area contributed by atoms with Crippen LogP contribution in [0.3, 0.4) is 0 Å². The third-order valence-electron chi connectivity index (χ3n) is 4.49. The number of halogens is 1. The number of carbonyl (C=O) groups excluding carboxylic acids is 2. The second-order valence-corrected chi connectivity index (χ2v) is 7.88. The molecule has 0 radical (unpaired) electrons. The lowest BCUT2D eigenvalue weighted by atomic mass is 10.1. The lowest BCUT2D eigenvalue weighted by Gasteiger charge is -2.12. The predicted molar refractivity (Wildman–Crippen MR) is 120 cm³/mol. The normalized spacial score (nSPS) is 11.0. The standard InChI is InChI=1S/C22H22ClN3O3S/c1-3-29-22(28)19-13-20(16-6-8-17(23)9-7-16)26(15(19)2)11-10-21(27)25-24-14-18-5-4-12-30-18/h4-9,12-14H,3,10-11H2,1-2H3,(H,25,27)/b24-14+. The highest BCUT2D eigenvalue weighted by Crippen LogP contribution is 2.28. The average molecular weight is 444 g/mol. The molecule has 0 saturated heterocycles. The molecule has 0 aliphatic rings. The fourth-order valence-electron chi connectivity index (χ4n) is 3.01. The number of nitrogens with one attached hydrogen (secondary N) is 1. The van der Waals surface area contributed by atoms with Gasteiger partial charge in [-0.15, -0.1) is 11.3 Å². The Hall–Kier alpha value is -2.90. The zero-order chi connectivity index (χ0) is 21.5. The summed E-state index contributed by atoms with van der Waals surface area (Å²) < 4.78 is 7.12. The Balaban J connectivity index is 1.78. The molecular weight excluding hydrogens is 422 g/mol. The largest absolute Gasteiger partial charge is 0.462 e. The number of nitrogens with zero attached hydrogens (tertiary/aromatic N) is 2. The van der Waals surface area contributed by atoms with Gasteiger partial charge >= 0.3 is 5.97 Å². The lowest BCUT2D eigenvalue weighted by Crippen LogP contribution is -2.20. The third kappa shape index (κ3) is 5.37. The molecule has 1 N–H and O–H groups in total. The van der Waals surface area contributed by atoms with Gasteiger partial charge in [-0.3, -0.25) is 4.79 Å². The van der Waals surface area contributed by atoms with E-state index in [4.69, 9.17) is 16.3 Å². The molecule has 8 heteroatoms. The molecule has 0 bridgehead atoms. The molecular formula is C22H22ClN3O3S. The van der Waals surface area contributed by atoms with Crippen molar-refractivity contribution in [2.24, 2.45) is 5.10 Å². The molecule has 0 atom stereocenters. The Bertz CT molecular complexity index is 1040. The minimum Gasteiger partial charge on any atom is -0.462 e. The molecule has 0 spiro atoms. The van der Waals surface area contributed by atoms with Crippen LogP contribution < -0.4 is 5.43 Å². The minimum atomic E-state index is -0.381. The summed E-state index contributed by atoms with van der Waals surface area (Å²) in [7, 11) is 0. The molecule has 1 aromatic carbocycles. The van der Waals surface area contributed by atoms with Crippen LogP contribution in [0.2, 0.25) is 5.02 Å². The maximum atomic E-state index is 12.4. The van der Waals surface area contributed by atoms with Crippen molar-refractivity contribution in [2.75, 3.05) is 6.61 Å². The summed E-state index contributed by atoms with van der Waals surface area (Å²) in [5.74, 6) is -0.593. The van der Waals surface area contributed by atoms with E-state index < -0.39 is 0 Å². The summed E-state index contributed by atoms with van der Waals surface area (Å²) in [4.78, 5) is 25.6. The van der Waals surface area contributed by atoms with E-state index in [1.54, 1.807) is 31.3 Å². The summed E-state index contributed by atoms with van der Waals surface area (Å²) in [5, 5.41) is 6.55. The molecule has 30 heavy (non-hydrogen) atoms. The first-order chi connectivity index (χ1) is 14.5. The third-order valence-corrected chi connectivity index (χ3v) is 5.55. The van der Waals surface area contributed by atoms with Crippen LogP contribution in [0.5, 0.6) is 0 Å². The van der Waals surface area contributed by atoms with Crippen LogP contribution in [-0.4, -0.2) is 29.3 Å². The smallest absolute Gasteiger partial charge is 0.339 e. The van der Waals surface area contributed by atoms with Gasteiger partial charge in [0.25, 0.3) is 0 Å². The molecule has 0 aliphatic carbocycles. The maximum absolute atomic E-state index is 12.4. The highest BCUT2D eigenvalue weighted by atomic mass is 35.5. The van der Waals surface area contributed by atoms with Crippen molar-refractivity contribution in [3.05, 3.63) is 69.0 Å². The van der Waals surface area contributed by atoms with Crippen LogP contribution >= 0.6 is 22.9 Å². The van der Waals surface area contributed by atoms with Crippen LogP contribution in [0.15, 0.2) is 52.9 Å². The molecule has 0 saturated carbocycles. The van der Waals surface area contributed by atoms with Crippen molar-refractivity contribution < 1.29 is 14.3 Å². The highest BCUT2D eigenvalue weighted by molar-refractivity contribution is 7.11. The second-order valence-electron chi connectivity index (χ2n) is 6.47. The number of aromatic nitrogens is 1. The van der Waals surface area contributed by atoms with Crippen LogP contribution in [0, 0.1) is 6.92 Å². The Morgan fingerprint density at radius 2 is 2.03 bits per heavy atom. The van der Waals surface area contributed by atoms with Crippen molar-refractivity contribution in [2.45, 2.75) is 26.8 Å². The van der Waals surface area contributed by atoms with E-state index in [0.29, 0.717) is 23.7 Å². The molecule has 2 aromatic heterocycles. The van der Waals surface area contributed by atoms with Gasteiger partial charge in [-0.2, -0.15) is 5.10 Å². The van der Waals surface area contributed by atoms with Gasteiger partial charge in [-0.05, 0) is 49.1 Å². The Morgan fingerprint density at radius 3 is 2.70 bits per heavy atom. The van der Waals surface area contributed by atoms with E-state index in [0.717, 1.165) is 21.8 Å². The first-order valence-electron chi connectivity index (χ1n) is 9.48. The minimum absolute atomic E-state index is 0.208. The zero-order valence-corrected chi connectivity index (χ0v) is 18.3. The SMILES string of the molecule is CCOC(=O)c1cc(-c2ccc(Cl)cc2)n(CCC(=O)N/N=C/c2cccs2)c1C. The topological polar surface area (TPSA) is 72.7 Å². The van der Waals surface area contributed by atoms with E-state index in [-0.39, 0.29) is 18.3 Å². The van der Waals surface area contributed by atoms with E-state index in [9.17, 15) is 9.59 Å². The molecule has 3 aromatic rings. The molecule has 3 rings (SSSR count). The Labute approximate surface area is 184 Å². The molecule has 2 heterocycles. The second kappa shape index (κ2) is 10.2. The van der Waals surface area contributed by atoms with Crippen molar-refractivity contribution >= 4 is 41.0 Å². The summed E-state index contributed by atoms with van der Waals surface area (Å²) in [6.45, 7) is 4.30. The van der Waals surface area contributed by atoms with Gasteiger partial charge < -0.3 is 9.30 Å². The number of hydrogen-bond acceptors (Lipinski definition) is 5. The van der Waals surface area contributed by atoms with Gasteiger partial charge in [-0.25, -0.2) is 10.2 Å². The van der Waals surface area contributed by atoms with Crippen molar-refractivity contribution in [1.29, 1.82) is 0 Å². The average Bonchev–Trinajstić information content (AvgIpc) is 3.35. The van der Waals surface area contributed by atoms with Crippen molar-refractivity contribution in [3.8, 4) is 11.3 Å². The number of ether oxygens (including phenoxy) is 1. The molecule has 0 fully saturated rings. The van der Waals surface area contributed by atoms with Crippen molar-refractivity contribution in [3.63, 3.8) is 0 Å². The molecule has 0 unspecified atom stereocenters. The highest BCUT2D eigenvalue weighted by Gasteiger charge is 2.20. The van der Waals surface area contributed by atoms with E-state index >= 15 is 0 Å². The zero-order valence-electron chi connectivity index (χ0n) is 16.7. The quantitative estimate of drug-likeness (QED) is 0.306. The van der Waals surface area contributed by atoms with Gasteiger partial charge in [0.2, 0.25) is 5.91 Å². The molecule has 156 valence electrons. The number of carbonyl (C=O) groups is 2. The predicted octanol–water partition coefficient (Wildman–Crippen LogP) is 4.90. The van der Waals surface area contributed by atoms with Gasteiger partial charge in [0.05, 0.1) is 18.4 Å². The summed E-state index contributed by atoms with van der Waals surface area (Å²) in [6.07, 6.45) is 1.82. The van der Waals surface area contributed by atoms with Gasteiger partial charge in [0.15, 0.2) is 0 Å². The van der Waals surface area contributed by atoms with Crippen LogP contribution in [0.1, 0.15) is 34.3 Å². The molecule has 6 nitrogen and oxygen atoms in total. The molecule has 1 amide bonds. The van der Waals surface area contributed by atoms with E-state index in [2.05, 4.69) is 10.5 Å². The van der Waals surface area contributed by atoms with Crippen LogP contribution in [0.4, 0.5) is 0 Å². The summed E-state index contributed by atoms with van der Waals surface area (Å²) >= 11 is 7.55. The summed E-state index contributed by atoms with van der Waals surface area (Å²) in [6, 6.07) is 13.0. The first kappa shape index (κ1) is 21.8. The lowest BCUT2D eigenvalue weighted by molar-refractivity contribution is -0.121. The van der Waals surface area contributed by atoms with Gasteiger partial charge in [0, 0.05) is 34.3 Å². The van der Waals surface area contributed by atoms with Gasteiger partial charge in [-0.1, -0.05) is 29.8 Å². The summed E-state index contributed by atoms with van der Waals surface area (Å²) in [5.41, 5.74) is 5.49. The number of hydrogen-bond donors (Lipinski definition) is 1. The van der Waals surface area contributed by atoms with Gasteiger partial charge in [0.1, 0.15) is 0 Å². The number of hydrazone groups is 1. The van der Waals surface area contributed by atoms with E-state index in [1.165, 1.54) is 11.3 Å². The van der Waals surface area contributed by atoms with Crippen molar-refractivity contribution in [1.82, 2.24) is 9.99 Å². The number of thiophene rings is 1. The monoisotopic (exact) mass is 443 g/mol. The number of amides is 1. The number of benzene rings is 1. The first-order valence-corrected chi connectivity index (χ1v) is 10.7. The van der Waals surface area contributed by atoms with Crippen LogP contribution in [-0.2, 0) is 16.1 Å². The fraction of sp³-hybridized carbons (Fsp3) is 0.227. The number of esters is 1. The molecule has 0 aliphatic heterocycles. The number of rotatable bonds is 8.